The minimum absolute atomic E-state index is 0.101. The van der Waals surface area contributed by atoms with E-state index in [4.69, 9.17) is 0 Å². The van der Waals surface area contributed by atoms with Gasteiger partial charge in [-0.3, -0.25) is 4.79 Å². The molecule has 1 aliphatic carbocycles. The maximum Gasteiger partial charge on any atom is 0.387 e. The number of benzene rings is 1. The SMILES string of the molecule is Cc1cc(C(=O)NC2CCCCC2O)cc(C)c1OC(F)F. The lowest BCUT2D eigenvalue weighted by molar-refractivity contribution is -0.0507. The summed E-state index contributed by atoms with van der Waals surface area (Å²) in [7, 11) is 0. The number of aliphatic hydroxyl groups is 1. The fourth-order valence-corrected chi connectivity index (χ4v) is 2.89. The topological polar surface area (TPSA) is 58.6 Å². The van der Waals surface area contributed by atoms with Crippen LogP contribution >= 0.6 is 0 Å². The van der Waals surface area contributed by atoms with Gasteiger partial charge in [0.15, 0.2) is 0 Å². The zero-order valence-corrected chi connectivity index (χ0v) is 12.7. The van der Waals surface area contributed by atoms with Gasteiger partial charge >= 0.3 is 6.61 Å². The molecule has 1 fully saturated rings. The molecule has 0 heterocycles. The van der Waals surface area contributed by atoms with Gasteiger partial charge in [0, 0.05) is 5.56 Å². The molecule has 6 heteroatoms. The highest BCUT2D eigenvalue weighted by Crippen LogP contribution is 2.27. The molecule has 0 radical (unpaired) electrons. The van der Waals surface area contributed by atoms with Crippen LogP contribution in [0.25, 0.3) is 0 Å². The van der Waals surface area contributed by atoms with Crippen LogP contribution in [-0.2, 0) is 0 Å². The number of carbonyl (C=O) groups is 1. The molecule has 0 aliphatic heterocycles. The molecule has 1 amide bonds. The van der Waals surface area contributed by atoms with E-state index in [2.05, 4.69) is 10.1 Å². The first-order chi connectivity index (χ1) is 10.4. The smallest absolute Gasteiger partial charge is 0.387 e. The molecule has 2 unspecified atom stereocenters. The highest BCUT2D eigenvalue weighted by atomic mass is 19.3. The number of carbonyl (C=O) groups excluding carboxylic acids is 1. The summed E-state index contributed by atoms with van der Waals surface area (Å²) in [5, 5.41) is 12.7. The first-order valence-electron chi connectivity index (χ1n) is 7.43. The van der Waals surface area contributed by atoms with E-state index in [0.29, 0.717) is 23.1 Å². The number of aliphatic hydroxyl groups excluding tert-OH is 1. The van der Waals surface area contributed by atoms with Gasteiger partial charge in [0.25, 0.3) is 5.91 Å². The first kappa shape index (κ1) is 16.7. The van der Waals surface area contributed by atoms with E-state index in [1.807, 2.05) is 0 Å². The van der Waals surface area contributed by atoms with Crippen LogP contribution in [-0.4, -0.2) is 29.8 Å². The van der Waals surface area contributed by atoms with Gasteiger partial charge in [-0.1, -0.05) is 12.8 Å². The number of alkyl halides is 2. The lowest BCUT2D eigenvalue weighted by Gasteiger charge is -2.28. The Balaban J connectivity index is 2.13. The molecule has 122 valence electrons. The third-order valence-corrected chi connectivity index (χ3v) is 3.98. The van der Waals surface area contributed by atoms with Crippen molar-refractivity contribution in [1.82, 2.24) is 5.32 Å². The van der Waals surface area contributed by atoms with Crippen molar-refractivity contribution in [3.63, 3.8) is 0 Å². The van der Waals surface area contributed by atoms with Gasteiger partial charge in [-0.05, 0) is 49.9 Å². The lowest BCUT2D eigenvalue weighted by Crippen LogP contribution is -2.45. The monoisotopic (exact) mass is 313 g/mol. The van der Waals surface area contributed by atoms with Crippen molar-refractivity contribution >= 4 is 5.91 Å². The minimum atomic E-state index is -2.89. The Morgan fingerprint density at radius 2 is 1.86 bits per heavy atom. The second-order valence-electron chi connectivity index (χ2n) is 5.75. The third-order valence-electron chi connectivity index (χ3n) is 3.98. The molecule has 2 rings (SSSR count). The second kappa shape index (κ2) is 7.05. The van der Waals surface area contributed by atoms with Crippen LogP contribution in [0.3, 0.4) is 0 Å². The number of nitrogens with one attached hydrogen (secondary N) is 1. The number of ether oxygens (including phenoxy) is 1. The van der Waals surface area contributed by atoms with Gasteiger partial charge in [0.1, 0.15) is 5.75 Å². The molecular weight excluding hydrogens is 292 g/mol. The Bertz CT molecular complexity index is 525. The average molecular weight is 313 g/mol. The summed E-state index contributed by atoms with van der Waals surface area (Å²) in [6.45, 7) is 0.350. The van der Waals surface area contributed by atoms with E-state index in [9.17, 15) is 18.7 Å². The van der Waals surface area contributed by atoms with E-state index in [0.717, 1.165) is 19.3 Å². The molecule has 22 heavy (non-hydrogen) atoms. The largest absolute Gasteiger partial charge is 0.434 e. The molecule has 1 saturated carbocycles. The molecule has 0 aromatic heterocycles. The van der Waals surface area contributed by atoms with Crippen molar-refractivity contribution in [2.45, 2.75) is 58.3 Å². The summed E-state index contributed by atoms with van der Waals surface area (Å²) < 4.78 is 29.2. The van der Waals surface area contributed by atoms with Gasteiger partial charge < -0.3 is 15.2 Å². The summed E-state index contributed by atoms with van der Waals surface area (Å²) in [5.74, 6) is -0.204. The van der Waals surface area contributed by atoms with Crippen LogP contribution < -0.4 is 10.1 Å². The van der Waals surface area contributed by atoms with Crippen molar-refractivity contribution < 1.29 is 23.4 Å². The molecule has 1 aromatic carbocycles. The number of halogens is 2. The van der Waals surface area contributed by atoms with Crippen molar-refractivity contribution in [1.29, 1.82) is 0 Å². The Morgan fingerprint density at radius 3 is 2.41 bits per heavy atom. The summed E-state index contributed by atoms with van der Waals surface area (Å²) in [6.07, 6.45) is 2.84. The Morgan fingerprint density at radius 1 is 1.27 bits per heavy atom. The van der Waals surface area contributed by atoms with Gasteiger partial charge in [0.2, 0.25) is 0 Å². The van der Waals surface area contributed by atoms with Crippen LogP contribution in [0.15, 0.2) is 12.1 Å². The summed E-state index contributed by atoms with van der Waals surface area (Å²) in [5.41, 5.74) is 1.35. The molecule has 4 nitrogen and oxygen atoms in total. The maximum atomic E-state index is 12.4. The Hall–Kier alpha value is -1.69. The number of rotatable bonds is 4. The zero-order valence-electron chi connectivity index (χ0n) is 12.7. The summed E-state index contributed by atoms with van der Waals surface area (Å²) >= 11 is 0. The van der Waals surface area contributed by atoms with Crippen molar-refractivity contribution in [2.75, 3.05) is 0 Å². The van der Waals surface area contributed by atoms with E-state index in [1.54, 1.807) is 13.8 Å². The fourth-order valence-electron chi connectivity index (χ4n) is 2.89. The molecule has 0 spiro atoms. The number of aryl methyl sites for hydroxylation is 2. The standard InChI is InChI=1S/C16H21F2NO3/c1-9-7-11(8-10(2)14(9)22-16(17)18)15(21)19-12-5-3-4-6-13(12)20/h7-8,12-13,16,20H,3-6H2,1-2H3,(H,19,21). The normalized spacial score (nSPS) is 21.7. The number of hydrogen-bond donors (Lipinski definition) is 2. The third kappa shape index (κ3) is 3.94. The van der Waals surface area contributed by atoms with Gasteiger partial charge in [-0.25, -0.2) is 0 Å². The van der Waals surface area contributed by atoms with E-state index >= 15 is 0 Å². The first-order valence-corrected chi connectivity index (χ1v) is 7.43. The predicted octanol–water partition coefficient (Wildman–Crippen LogP) is 2.94. The quantitative estimate of drug-likeness (QED) is 0.898. The van der Waals surface area contributed by atoms with Gasteiger partial charge in [0.05, 0.1) is 12.1 Å². The average Bonchev–Trinajstić information content (AvgIpc) is 2.44. The van der Waals surface area contributed by atoms with Crippen LogP contribution in [0.5, 0.6) is 5.75 Å². The molecular formula is C16H21F2NO3. The molecule has 1 aliphatic rings. The van der Waals surface area contributed by atoms with Crippen LogP contribution in [0.4, 0.5) is 8.78 Å². The van der Waals surface area contributed by atoms with Crippen molar-refractivity contribution in [3.8, 4) is 5.75 Å². The highest BCUT2D eigenvalue weighted by molar-refractivity contribution is 5.95. The maximum absolute atomic E-state index is 12.4. The molecule has 2 atom stereocenters. The minimum Gasteiger partial charge on any atom is -0.434 e. The van der Waals surface area contributed by atoms with Gasteiger partial charge in [-0.15, -0.1) is 0 Å². The molecule has 1 aromatic rings. The number of hydrogen-bond acceptors (Lipinski definition) is 3. The fraction of sp³-hybridized carbons (Fsp3) is 0.562. The van der Waals surface area contributed by atoms with E-state index in [-0.39, 0.29) is 17.7 Å². The highest BCUT2D eigenvalue weighted by Gasteiger charge is 2.25. The summed E-state index contributed by atoms with van der Waals surface area (Å²) in [4.78, 5) is 12.3. The Labute approximate surface area is 128 Å². The molecule has 2 N–H and O–H groups in total. The predicted molar refractivity (Wildman–Crippen MR) is 78.3 cm³/mol. The zero-order chi connectivity index (χ0) is 16.3. The Kier molecular flexibility index (Phi) is 5.34. The van der Waals surface area contributed by atoms with Crippen molar-refractivity contribution in [2.24, 2.45) is 0 Å². The van der Waals surface area contributed by atoms with Crippen molar-refractivity contribution in [3.05, 3.63) is 28.8 Å². The van der Waals surface area contributed by atoms with Crippen LogP contribution in [0.2, 0.25) is 0 Å². The second-order valence-corrected chi connectivity index (χ2v) is 5.75. The van der Waals surface area contributed by atoms with Crippen LogP contribution in [0.1, 0.15) is 47.2 Å². The number of amides is 1. The van der Waals surface area contributed by atoms with Gasteiger partial charge in [-0.2, -0.15) is 8.78 Å². The lowest BCUT2D eigenvalue weighted by atomic mass is 9.92. The van der Waals surface area contributed by atoms with E-state index < -0.39 is 12.7 Å². The molecule has 0 saturated heterocycles. The van der Waals surface area contributed by atoms with Crippen LogP contribution in [0, 0.1) is 13.8 Å². The summed E-state index contributed by atoms with van der Waals surface area (Å²) in [6, 6.07) is 2.80. The van der Waals surface area contributed by atoms with E-state index in [1.165, 1.54) is 12.1 Å². The molecule has 0 bridgehead atoms.